The summed E-state index contributed by atoms with van der Waals surface area (Å²) >= 11 is 0. The highest BCUT2D eigenvalue weighted by Crippen LogP contribution is 2.13. The van der Waals surface area contributed by atoms with Crippen LogP contribution in [0, 0.1) is 11.3 Å². The van der Waals surface area contributed by atoms with E-state index >= 15 is 0 Å². The number of rotatable bonds is 2. The second-order valence-corrected chi connectivity index (χ2v) is 3.88. The van der Waals surface area contributed by atoms with Crippen LogP contribution in [-0.2, 0) is 10.1 Å². The number of nitrogens with zero attached hydrogens (tertiary/aromatic N) is 1. The van der Waals surface area contributed by atoms with E-state index in [0.29, 0.717) is 6.29 Å². The molecule has 5 nitrogen and oxygen atoms in total. The van der Waals surface area contributed by atoms with E-state index in [2.05, 4.69) is 0 Å². The molecular weight excluding hydrogens is 206 g/mol. The SMILES string of the molecule is N#Cc1cc(S(=O)(=O)O)ccc1C=O. The average Bonchev–Trinajstić information content (AvgIpc) is 2.15. The fraction of sp³-hybridized carbons (Fsp3) is 0. The van der Waals surface area contributed by atoms with Crippen molar-refractivity contribution in [2.75, 3.05) is 0 Å². The summed E-state index contributed by atoms with van der Waals surface area (Å²) < 4.78 is 30.0. The maximum atomic E-state index is 10.7. The summed E-state index contributed by atoms with van der Waals surface area (Å²) in [6, 6.07) is 4.81. The minimum atomic E-state index is -4.33. The zero-order valence-electron chi connectivity index (χ0n) is 6.84. The number of benzene rings is 1. The van der Waals surface area contributed by atoms with Crippen molar-refractivity contribution in [3.8, 4) is 6.07 Å². The van der Waals surface area contributed by atoms with Gasteiger partial charge >= 0.3 is 0 Å². The van der Waals surface area contributed by atoms with Crippen molar-refractivity contribution in [2.24, 2.45) is 0 Å². The van der Waals surface area contributed by atoms with Gasteiger partial charge in [0.1, 0.15) is 0 Å². The molecule has 0 aliphatic rings. The van der Waals surface area contributed by atoms with Gasteiger partial charge in [0.05, 0.1) is 16.5 Å². The largest absolute Gasteiger partial charge is 0.298 e. The van der Waals surface area contributed by atoms with Crippen molar-refractivity contribution >= 4 is 16.4 Å². The van der Waals surface area contributed by atoms with Crippen molar-refractivity contribution in [2.45, 2.75) is 4.90 Å². The van der Waals surface area contributed by atoms with Gasteiger partial charge in [-0.25, -0.2) is 0 Å². The minimum Gasteiger partial charge on any atom is -0.298 e. The maximum Gasteiger partial charge on any atom is 0.294 e. The predicted molar refractivity (Wildman–Crippen MR) is 46.4 cm³/mol. The molecule has 14 heavy (non-hydrogen) atoms. The van der Waals surface area contributed by atoms with Crippen LogP contribution in [0.25, 0.3) is 0 Å². The van der Waals surface area contributed by atoms with Crippen LogP contribution in [0.3, 0.4) is 0 Å². The second kappa shape index (κ2) is 3.57. The lowest BCUT2D eigenvalue weighted by Crippen LogP contribution is -1.99. The highest BCUT2D eigenvalue weighted by atomic mass is 32.2. The Balaban J connectivity index is 3.45. The zero-order valence-corrected chi connectivity index (χ0v) is 7.65. The summed E-state index contributed by atoms with van der Waals surface area (Å²) in [5, 5.41) is 8.55. The monoisotopic (exact) mass is 211 g/mol. The maximum absolute atomic E-state index is 10.7. The third-order valence-corrected chi connectivity index (χ3v) is 2.42. The molecule has 0 spiro atoms. The first kappa shape index (κ1) is 10.4. The number of hydrogen-bond donors (Lipinski definition) is 1. The molecule has 0 bridgehead atoms. The number of aldehydes is 1. The number of hydrogen-bond acceptors (Lipinski definition) is 4. The lowest BCUT2D eigenvalue weighted by atomic mass is 10.1. The van der Waals surface area contributed by atoms with Gasteiger partial charge in [-0.2, -0.15) is 13.7 Å². The fourth-order valence-corrected chi connectivity index (χ4v) is 1.40. The Labute approximate surface area is 80.3 Å². The Morgan fingerprint density at radius 2 is 2.07 bits per heavy atom. The molecule has 1 N–H and O–H groups in total. The van der Waals surface area contributed by atoms with Crippen molar-refractivity contribution in [3.63, 3.8) is 0 Å². The van der Waals surface area contributed by atoms with Gasteiger partial charge in [-0.05, 0) is 18.2 Å². The van der Waals surface area contributed by atoms with E-state index in [0.717, 1.165) is 18.2 Å². The van der Waals surface area contributed by atoms with E-state index in [-0.39, 0.29) is 11.1 Å². The molecule has 0 heterocycles. The van der Waals surface area contributed by atoms with Crippen molar-refractivity contribution in [1.29, 1.82) is 5.26 Å². The predicted octanol–water partition coefficient (Wildman–Crippen LogP) is 0.617. The van der Waals surface area contributed by atoms with Crippen molar-refractivity contribution in [3.05, 3.63) is 29.3 Å². The van der Waals surface area contributed by atoms with Gasteiger partial charge in [-0.15, -0.1) is 0 Å². The molecule has 1 aromatic rings. The summed E-state index contributed by atoms with van der Waals surface area (Å²) in [5.41, 5.74) is -0.00461. The first-order valence-corrected chi connectivity index (χ1v) is 4.90. The molecule has 0 saturated heterocycles. The molecule has 0 atom stereocenters. The second-order valence-electron chi connectivity index (χ2n) is 2.45. The van der Waals surface area contributed by atoms with Gasteiger partial charge in [-0.1, -0.05) is 0 Å². The summed E-state index contributed by atoms with van der Waals surface area (Å²) in [7, 11) is -4.33. The highest BCUT2D eigenvalue weighted by molar-refractivity contribution is 7.85. The Bertz CT molecular complexity index is 513. The summed E-state index contributed by atoms with van der Waals surface area (Å²) in [5.74, 6) is 0. The molecule has 0 radical (unpaired) electrons. The van der Waals surface area contributed by atoms with E-state index < -0.39 is 15.0 Å². The van der Waals surface area contributed by atoms with E-state index in [9.17, 15) is 13.2 Å². The molecule has 0 saturated carbocycles. The lowest BCUT2D eigenvalue weighted by Gasteiger charge is -1.98. The van der Waals surface area contributed by atoms with Crippen LogP contribution < -0.4 is 0 Å². The van der Waals surface area contributed by atoms with Crippen LogP contribution in [0.4, 0.5) is 0 Å². The van der Waals surface area contributed by atoms with Crippen LogP contribution in [-0.4, -0.2) is 19.3 Å². The Morgan fingerprint density at radius 1 is 1.43 bits per heavy atom. The molecule has 72 valence electrons. The van der Waals surface area contributed by atoms with Crippen LogP contribution in [0.15, 0.2) is 23.1 Å². The summed E-state index contributed by atoms with van der Waals surface area (Å²) in [6.45, 7) is 0. The van der Waals surface area contributed by atoms with Gasteiger partial charge < -0.3 is 0 Å². The number of carbonyl (C=O) groups excluding carboxylic acids is 1. The number of nitriles is 1. The Hall–Kier alpha value is -1.71. The fourth-order valence-electron chi connectivity index (χ4n) is 0.895. The van der Waals surface area contributed by atoms with Gasteiger partial charge in [0.15, 0.2) is 6.29 Å². The quantitative estimate of drug-likeness (QED) is 0.571. The topological polar surface area (TPSA) is 95.2 Å². The molecule has 1 aromatic carbocycles. The third kappa shape index (κ3) is 1.96. The van der Waals surface area contributed by atoms with E-state index in [1.165, 1.54) is 0 Å². The normalized spacial score (nSPS) is 10.6. The van der Waals surface area contributed by atoms with Crippen LogP contribution in [0.1, 0.15) is 15.9 Å². The van der Waals surface area contributed by atoms with Crippen LogP contribution >= 0.6 is 0 Å². The van der Waals surface area contributed by atoms with E-state index in [4.69, 9.17) is 9.81 Å². The zero-order chi connectivity index (χ0) is 10.8. The average molecular weight is 211 g/mol. The lowest BCUT2D eigenvalue weighted by molar-refractivity contribution is 0.112. The van der Waals surface area contributed by atoms with E-state index in [1.807, 2.05) is 0 Å². The smallest absolute Gasteiger partial charge is 0.294 e. The van der Waals surface area contributed by atoms with Gasteiger partial charge in [0.25, 0.3) is 10.1 Å². The van der Waals surface area contributed by atoms with Gasteiger partial charge in [-0.3, -0.25) is 9.35 Å². The Morgan fingerprint density at radius 3 is 2.50 bits per heavy atom. The standard InChI is InChI=1S/C8H5NO4S/c9-4-7-3-8(14(11,12)13)2-1-6(7)5-10/h1-3,5H,(H,11,12,13). The van der Waals surface area contributed by atoms with Gasteiger partial charge in [0, 0.05) is 5.56 Å². The summed E-state index contributed by atoms with van der Waals surface area (Å²) in [4.78, 5) is 9.98. The molecule has 0 aromatic heterocycles. The molecule has 0 aliphatic carbocycles. The summed E-state index contributed by atoms with van der Waals surface area (Å²) in [6.07, 6.45) is 0.437. The van der Waals surface area contributed by atoms with Crippen molar-refractivity contribution < 1.29 is 17.8 Å². The van der Waals surface area contributed by atoms with Crippen molar-refractivity contribution in [1.82, 2.24) is 0 Å². The molecule has 0 unspecified atom stereocenters. The molecule has 0 fully saturated rings. The molecular formula is C8H5NO4S. The molecule has 1 rings (SSSR count). The van der Waals surface area contributed by atoms with E-state index in [1.54, 1.807) is 6.07 Å². The first-order chi connectivity index (χ1) is 6.49. The van der Waals surface area contributed by atoms with Gasteiger partial charge in [0.2, 0.25) is 0 Å². The molecule has 6 heteroatoms. The molecule has 0 amide bonds. The minimum absolute atomic E-state index is 0.0832. The van der Waals surface area contributed by atoms with Crippen LogP contribution in [0.5, 0.6) is 0 Å². The third-order valence-electron chi connectivity index (χ3n) is 1.57. The Kier molecular flexibility index (Phi) is 2.65. The molecule has 0 aliphatic heterocycles. The highest BCUT2D eigenvalue weighted by Gasteiger charge is 2.11. The first-order valence-electron chi connectivity index (χ1n) is 3.46. The number of carbonyl (C=O) groups is 1. The van der Waals surface area contributed by atoms with Crippen LogP contribution in [0.2, 0.25) is 0 Å².